The van der Waals surface area contributed by atoms with Crippen molar-refractivity contribution >= 4 is 17.7 Å². The highest BCUT2D eigenvalue weighted by Crippen LogP contribution is 2.29. The number of hydrogen-bond donors (Lipinski definition) is 0. The molecule has 1 heterocycles. The van der Waals surface area contributed by atoms with E-state index in [9.17, 15) is 4.79 Å². The summed E-state index contributed by atoms with van der Waals surface area (Å²) in [6, 6.07) is 10.1. The minimum atomic E-state index is -0.0284. The number of thioether (sulfide) groups is 1. The van der Waals surface area contributed by atoms with Gasteiger partial charge in [-0.3, -0.25) is 4.79 Å². The molecule has 0 aliphatic carbocycles. The summed E-state index contributed by atoms with van der Waals surface area (Å²) in [7, 11) is 0. The Labute approximate surface area is 101 Å². The van der Waals surface area contributed by atoms with Crippen molar-refractivity contribution in [1.29, 1.82) is 0 Å². The second-order valence-electron chi connectivity index (χ2n) is 4.06. The summed E-state index contributed by atoms with van der Waals surface area (Å²) < 4.78 is 0. The predicted molar refractivity (Wildman–Crippen MR) is 68.5 cm³/mol. The highest BCUT2D eigenvalue weighted by Gasteiger charge is 2.26. The van der Waals surface area contributed by atoms with Gasteiger partial charge in [-0.25, -0.2) is 0 Å². The zero-order valence-corrected chi connectivity index (χ0v) is 10.4. The summed E-state index contributed by atoms with van der Waals surface area (Å²) in [5, 5.41) is -0.0284. The molecule has 2 rings (SSSR count). The lowest BCUT2D eigenvalue weighted by atomic mass is 10.1. The van der Waals surface area contributed by atoms with Crippen molar-refractivity contribution in [3.05, 3.63) is 35.9 Å². The molecular formula is C13H17NOS. The molecule has 1 amide bonds. The van der Waals surface area contributed by atoms with Crippen LogP contribution in [0.3, 0.4) is 0 Å². The Hall–Kier alpha value is -0.960. The van der Waals surface area contributed by atoms with Gasteiger partial charge in [0.2, 0.25) is 5.91 Å². The van der Waals surface area contributed by atoms with Crippen LogP contribution in [0.4, 0.5) is 0 Å². The third kappa shape index (κ3) is 2.40. The van der Waals surface area contributed by atoms with Crippen molar-refractivity contribution in [3.63, 3.8) is 0 Å². The number of rotatable bonds is 3. The molecule has 1 saturated heterocycles. The molecule has 1 aromatic carbocycles. The van der Waals surface area contributed by atoms with Gasteiger partial charge >= 0.3 is 0 Å². The number of likely N-dealkylation sites (tertiary alicyclic amines) is 1. The number of carbonyl (C=O) groups excluding carboxylic acids is 1. The van der Waals surface area contributed by atoms with Gasteiger partial charge in [-0.1, -0.05) is 30.3 Å². The standard InChI is InChI=1S/C13H17NOS/c1-16-12(11-7-3-2-4-8-11)13(15)14-9-5-6-10-14/h2-4,7-8,12H,5-6,9-10H2,1H3. The van der Waals surface area contributed by atoms with Gasteiger partial charge in [0.05, 0.1) is 0 Å². The summed E-state index contributed by atoms with van der Waals surface area (Å²) in [5.74, 6) is 0.274. The number of nitrogens with zero attached hydrogens (tertiary/aromatic N) is 1. The molecule has 1 aliphatic heterocycles. The van der Waals surface area contributed by atoms with E-state index in [-0.39, 0.29) is 11.2 Å². The molecule has 1 aromatic rings. The average molecular weight is 235 g/mol. The smallest absolute Gasteiger partial charge is 0.240 e. The average Bonchev–Trinajstić information content (AvgIpc) is 2.85. The molecule has 2 nitrogen and oxygen atoms in total. The lowest BCUT2D eigenvalue weighted by Gasteiger charge is -2.21. The van der Waals surface area contributed by atoms with Crippen molar-refractivity contribution in [2.24, 2.45) is 0 Å². The van der Waals surface area contributed by atoms with Gasteiger partial charge in [0.1, 0.15) is 5.25 Å². The fourth-order valence-corrected chi connectivity index (χ4v) is 2.89. The van der Waals surface area contributed by atoms with Crippen LogP contribution in [-0.2, 0) is 4.79 Å². The Morgan fingerprint density at radius 2 is 1.88 bits per heavy atom. The van der Waals surface area contributed by atoms with Gasteiger partial charge < -0.3 is 4.90 Å². The Balaban J connectivity index is 2.13. The summed E-state index contributed by atoms with van der Waals surface area (Å²) in [5.41, 5.74) is 1.12. The minimum absolute atomic E-state index is 0.0284. The van der Waals surface area contributed by atoms with E-state index in [2.05, 4.69) is 0 Å². The first-order valence-corrected chi connectivity index (χ1v) is 6.98. The molecule has 0 aromatic heterocycles. The highest BCUT2D eigenvalue weighted by molar-refractivity contribution is 7.99. The van der Waals surface area contributed by atoms with Crippen LogP contribution in [0.15, 0.2) is 30.3 Å². The lowest BCUT2D eigenvalue weighted by molar-refractivity contribution is -0.129. The van der Waals surface area contributed by atoms with Gasteiger partial charge in [-0.2, -0.15) is 0 Å². The molecule has 1 aliphatic rings. The van der Waals surface area contributed by atoms with Gasteiger partial charge in [-0.15, -0.1) is 11.8 Å². The number of amides is 1. The Morgan fingerprint density at radius 3 is 2.44 bits per heavy atom. The monoisotopic (exact) mass is 235 g/mol. The summed E-state index contributed by atoms with van der Waals surface area (Å²) >= 11 is 1.63. The van der Waals surface area contributed by atoms with Crippen molar-refractivity contribution in [2.45, 2.75) is 18.1 Å². The molecule has 1 unspecified atom stereocenters. The molecule has 3 heteroatoms. The van der Waals surface area contributed by atoms with Crippen LogP contribution in [0.1, 0.15) is 23.7 Å². The Kier molecular flexibility index (Phi) is 3.88. The molecular weight excluding hydrogens is 218 g/mol. The Morgan fingerprint density at radius 1 is 1.25 bits per heavy atom. The molecule has 0 saturated carbocycles. The van der Waals surface area contributed by atoms with Crippen LogP contribution >= 0.6 is 11.8 Å². The van der Waals surface area contributed by atoms with E-state index in [1.165, 1.54) is 0 Å². The lowest BCUT2D eigenvalue weighted by Crippen LogP contribution is -2.31. The van der Waals surface area contributed by atoms with Gasteiger partial charge in [-0.05, 0) is 24.7 Å². The summed E-state index contributed by atoms with van der Waals surface area (Å²) in [6.07, 6.45) is 4.31. The number of hydrogen-bond acceptors (Lipinski definition) is 2. The maximum atomic E-state index is 12.3. The molecule has 0 spiro atoms. The first kappa shape index (κ1) is 11.5. The second-order valence-corrected chi connectivity index (χ2v) is 5.00. The maximum Gasteiger partial charge on any atom is 0.240 e. The van der Waals surface area contributed by atoms with E-state index >= 15 is 0 Å². The fourth-order valence-electron chi connectivity index (χ4n) is 2.11. The van der Waals surface area contributed by atoms with E-state index in [0.29, 0.717) is 0 Å². The highest BCUT2D eigenvalue weighted by atomic mass is 32.2. The second kappa shape index (κ2) is 5.39. The van der Waals surface area contributed by atoms with E-state index in [1.807, 2.05) is 41.5 Å². The molecule has 1 atom stereocenters. The molecule has 16 heavy (non-hydrogen) atoms. The van der Waals surface area contributed by atoms with Crippen LogP contribution in [0.2, 0.25) is 0 Å². The minimum Gasteiger partial charge on any atom is -0.341 e. The molecule has 1 fully saturated rings. The van der Waals surface area contributed by atoms with Crippen LogP contribution in [0.25, 0.3) is 0 Å². The molecule has 0 radical (unpaired) electrons. The predicted octanol–water partition coefficient (Wildman–Crippen LogP) is 2.71. The van der Waals surface area contributed by atoms with Crippen molar-refractivity contribution in [2.75, 3.05) is 19.3 Å². The van der Waals surface area contributed by atoms with Gasteiger partial charge in [0.15, 0.2) is 0 Å². The van der Waals surface area contributed by atoms with E-state index in [4.69, 9.17) is 0 Å². The first-order chi connectivity index (χ1) is 7.83. The van der Waals surface area contributed by atoms with Crippen LogP contribution in [0, 0.1) is 0 Å². The number of benzene rings is 1. The van der Waals surface area contributed by atoms with Crippen molar-refractivity contribution in [1.82, 2.24) is 4.90 Å². The normalized spacial score (nSPS) is 17.4. The van der Waals surface area contributed by atoms with Crippen LogP contribution < -0.4 is 0 Å². The van der Waals surface area contributed by atoms with Crippen molar-refractivity contribution < 1.29 is 4.79 Å². The van der Waals surface area contributed by atoms with E-state index in [1.54, 1.807) is 11.8 Å². The third-order valence-corrected chi connectivity index (χ3v) is 3.93. The van der Waals surface area contributed by atoms with Gasteiger partial charge in [0, 0.05) is 13.1 Å². The van der Waals surface area contributed by atoms with E-state index in [0.717, 1.165) is 31.5 Å². The summed E-state index contributed by atoms with van der Waals surface area (Å²) in [6.45, 7) is 1.87. The SMILES string of the molecule is CSC(C(=O)N1CCCC1)c1ccccc1. The third-order valence-electron chi connectivity index (χ3n) is 2.98. The molecule has 0 N–H and O–H groups in total. The molecule has 86 valence electrons. The summed E-state index contributed by atoms with van der Waals surface area (Å²) in [4.78, 5) is 14.3. The topological polar surface area (TPSA) is 20.3 Å². The van der Waals surface area contributed by atoms with Crippen LogP contribution in [0.5, 0.6) is 0 Å². The van der Waals surface area contributed by atoms with Gasteiger partial charge in [0.25, 0.3) is 0 Å². The quantitative estimate of drug-likeness (QED) is 0.803. The van der Waals surface area contributed by atoms with Crippen LogP contribution in [-0.4, -0.2) is 30.2 Å². The first-order valence-electron chi connectivity index (χ1n) is 5.69. The molecule has 0 bridgehead atoms. The fraction of sp³-hybridized carbons (Fsp3) is 0.462. The van der Waals surface area contributed by atoms with Crippen molar-refractivity contribution in [3.8, 4) is 0 Å². The van der Waals surface area contributed by atoms with E-state index < -0.39 is 0 Å². The number of carbonyl (C=O) groups is 1. The Bertz CT molecular complexity index is 346. The zero-order chi connectivity index (χ0) is 11.4. The zero-order valence-electron chi connectivity index (χ0n) is 9.56. The largest absolute Gasteiger partial charge is 0.341 e. The maximum absolute atomic E-state index is 12.3.